The average Bonchev–Trinajstić information content (AvgIpc) is 2.07. The molecule has 2 rings (SSSR count). The van der Waals surface area contributed by atoms with E-state index in [2.05, 4.69) is 5.32 Å². The van der Waals surface area contributed by atoms with Gasteiger partial charge in [-0.1, -0.05) is 23.2 Å². The number of hydrogen-bond acceptors (Lipinski definition) is 2. The minimum atomic E-state index is 0.0932. The van der Waals surface area contributed by atoms with Gasteiger partial charge in [0, 0.05) is 23.0 Å². The Morgan fingerprint density at radius 1 is 1.43 bits per heavy atom. The third-order valence-electron chi connectivity index (χ3n) is 2.24. The van der Waals surface area contributed by atoms with Gasteiger partial charge in [0.25, 0.3) is 0 Å². The van der Waals surface area contributed by atoms with E-state index in [9.17, 15) is 4.79 Å². The van der Waals surface area contributed by atoms with Gasteiger partial charge >= 0.3 is 0 Å². The lowest BCUT2D eigenvalue weighted by molar-refractivity contribution is 0.0974. The van der Waals surface area contributed by atoms with Crippen molar-refractivity contribution < 1.29 is 4.79 Å². The summed E-state index contributed by atoms with van der Waals surface area (Å²) >= 11 is 11.8. The molecule has 1 unspecified atom stereocenters. The summed E-state index contributed by atoms with van der Waals surface area (Å²) in [5, 5.41) is 4.18. The maximum atomic E-state index is 11.6. The number of carbonyl (C=O) groups is 1. The van der Waals surface area contributed by atoms with Gasteiger partial charge in [-0.15, -0.1) is 0 Å². The molecule has 74 valence electrons. The van der Waals surface area contributed by atoms with Crippen LogP contribution in [0.1, 0.15) is 23.7 Å². The van der Waals surface area contributed by atoms with Crippen molar-refractivity contribution in [2.45, 2.75) is 19.4 Å². The summed E-state index contributed by atoms with van der Waals surface area (Å²) in [6.45, 7) is 1.95. The van der Waals surface area contributed by atoms with Gasteiger partial charge in [0.05, 0.1) is 10.7 Å². The molecule has 1 atom stereocenters. The lowest BCUT2D eigenvalue weighted by atomic mass is 9.98. The minimum Gasteiger partial charge on any atom is -0.380 e. The number of rotatable bonds is 0. The summed E-state index contributed by atoms with van der Waals surface area (Å²) in [5.41, 5.74) is 1.31. The van der Waals surface area contributed by atoms with Crippen LogP contribution in [0.5, 0.6) is 0 Å². The highest BCUT2D eigenvalue weighted by atomic mass is 35.5. The summed E-state index contributed by atoms with van der Waals surface area (Å²) in [7, 11) is 0. The van der Waals surface area contributed by atoms with Crippen LogP contribution in [0.4, 0.5) is 5.69 Å². The molecule has 1 heterocycles. The second-order valence-corrected chi connectivity index (χ2v) is 4.33. The quantitative estimate of drug-likeness (QED) is 0.740. The fourth-order valence-electron chi connectivity index (χ4n) is 1.63. The van der Waals surface area contributed by atoms with E-state index in [1.165, 1.54) is 0 Å². The van der Waals surface area contributed by atoms with E-state index in [-0.39, 0.29) is 11.8 Å². The highest BCUT2D eigenvalue weighted by Crippen LogP contribution is 2.34. The first-order valence-corrected chi connectivity index (χ1v) is 5.12. The monoisotopic (exact) mass is 229 g/mol. The Bertz CT molecular complexity index is 403. The summed E-state index contributed by atoms with van der Waals surface area (Å²) in [6, 6.07) is 3.43. The first-order valence-electron chi connectivity index (χ1n) is 4.36. The van der Waals surface area contributed by atoms with Crippen LogP contribution in [0, 0.1) is 0 Å². The van der Waals surface area contributed by atoms with Gasteiger partial charge in [0.2, 0.25) is 0 Å². The molecule has 1 aromatic rings. The highest BCUT2D eigenvalue weighted by Gasteiger charge is 2.23. The molecule has 1 aliphatic heterocycles. The molecule has 0 fully saturated rings. The molecule has 0 saturated carbocycles. The van der Waals surface area contributed by atoms with Crippen molar-refractivity contribution >= 4 is 34.7 Å². The molecule has 0 aliphatic carbocycles. The van der Waals surface area contributed by atoms with Crippen molar-refractivity contribution in [2.24, 2.45) is 0 Å². The Kier molecular flexibility index (Phi) is 2.41. The topological polar surface area (TPSA) is 29.1 Å². The van der Waals surface area contributed by atoms with E-state index in [0.29, 0.717) is 27.7 Å². The molecule has 0 amide bonds. The second-order valence-electron chi connectivity index (χ2n) is 3.48. The zero-order valence-electron chi connectivity index (χ0n) is 7.60. The summed E-state index contributed by atoms with van der Waals surface area (Å²) in [6.07, 6.45) is 0.490. The molecule has 1 aliphatic rings. The van der Waals surface area contributed by atoms with Crippen molar-refractivity contribution in [2.75, 3.05) is 5.32 Å². The standard InChI is InChI=1S/C10H9Cl2NO/c1-5-2-9(14)7-3-6(11)4-8(12)10(7)13-5/h3-5,13H,2H2,1H3. The summed E-state index contributed by atoms with van der Waals surface area (Å²) < 4.78 is 0. The average molecular weight is 230 g/mol. The number of hydrogen-bond donors (Lipinski definition) is 1. The van der Waals surface area contributed by atoms with Crippen LogP contribution < -0.4 is 5.32 Å². The number of carbonyl (C=O) groups excluding carboxylic acids is 1. The largest absolute Gasteiger partial charge is 0.380 e. The third-order valence-corrected chi connectivity index (χ3v) is 2.75. The van der Waals surface area contributed by atoms with Crippen molar-refractivity contribution in [1.29, 1.82) is 0 Å². The van der Waals surface area contributed by atoms with Gasteiger partial charge in [-0.05, 0) is 19.1 Å². The number of benzene rings is 1. The minimum absolute atomic E-state index is 0.0932. The van der Waals surface area contributed by atoms with Crippen LogP contribution in [0.25, 0.3) is 0 Å². The van der Waals surface area contributed by atoms with Crippen molar-refractivity contribution in [3.05, 3.63) is 27.7 Å². The van der Waals surface area contributed by atoms with Crippen LogP contribution in [0.15, 0.2) is 12.1 Å². The Hall–Kier alpha value is -0.730. The molecule has 2 nitrogen and oxygen atoms in total. The molecular weight excluding hydrogens is 221 g/mol. The number of anilines is 1. The van der Waals surface area contributed by atoms with Crippen molar-refractivity contribution in [3.8, 4) is 0 Å². The molecular formula is C10H9Cl2NO. The van der Waals surface area contributed by atoms with E-state index in [1.807, 2.05) is 6.92 Å². The first kappa shape index (κ1) is 9.81. The predicted molar refractivity (Wildman–Crippen MR) is 58.5 cm³/mol. The van der Waals surface area contributed by atoms with Crippen LogP contribution in [0.2, 0.25) is 10.0 Å². The van der Waals surface area contributed by atoms with Gasteiger partial charge in [0.1, 0.15) is 0 Å². The molecule has 14 heavy (non-hydrogen) atoms. The zero-order chi connectivity index (χ0) is 10.3. The molecule has 0 spiro atoms. The van der Waals surface area contributed by atoms with Gasteiger partial charge in [-0.3, -0.25) is 4.79 Å². The molecule has 0 bridgehead atoms. The van der Waals surface area contributed by atoms with Crippen LogP contribution in [-0.4, -0.2) is 11.8 Å². The number of Topliss-reactive ketones (excluding diaryl/α,β-unsaturated/α-hetero) is 1. The smallest absolute Gasteiger partial charge is 0.167 e. The first-order chi connectivity index (χ1) is 6.58. The van der Waals surface area contributed by atoms with Crippen molar-refractivity contribution in [1.82, 2.24) is 0 Å². The predicted octanol–water partition coefficient (Wildman–Crippen LogP) is 3.38. The summed E-state index contributed by atoms with van der Waals surface area (Å²) in [4.78, 5) is 11.6. The lowest BCUT2D eigenvalue weighted by Gasteiger charge is -2.24. The fourth-order valence-corrected chi connectivity index (χ4v) is 2.17. The Labute approximate surface area is 92.2 Å². The maximum absolute atomic E-state index is 11.6. The normalized spacial score (nSPS) is 20.2. The maximum Gasteiger partial charge on any atom is 0.167 e. The van der Waals surface area contributed by atoms with E-state index in [4.69, 9.17) is 23.2 Å². The van der Waals surface area contributed by atoms with E-state index < -0.39 is 0 Å². The van der Waals surface area contributed by atoms with Gasteiger partial charge in [-0.25, -0.2) is 0 Å². The van der Waals surface area contributed by atoms with Crippen LogP contribution >= 0.6 is 23.2 Å². The van der Waals surface area contributed by atoms with E-state index in [0.717, 1.165) is 0 Å². The Balaban J connectivity index is 2.59. The number of ketones is 1. The third kappa shape index (κ3) is 1.60. The highest BCUT2D eigenvalue weighted by molar-refractivity contribution is 6.37. The fraction of sp³-hybridized carbons (Fsp3) is 0.300. The Morgan fingerprint density at radius 2 is 2.14 bits per heavy atom. The Morgan fingerprint density at radius 3 is 2.86 bits per heavy atom. The molecule has 0 saturated heterocycles. The molecule has 4 heteroatoms. The molecule has 1 N–H and O–H groups in total. The SMILES string of the molecule is CC1CC(=O)c2cc(Cl)cc(Cl)c2N1. The van der Waals surface area contributed by atoms with Crippen molar-refractivity contribution in [3.63, 3.8) is 0 Å². The number of halogens is 2. The van der Waals surface area contributed by atoms with E-state index >= 15 is 0 Å². The lowest BCUT2D eigenvalue weighted by Crippen LogP contribution is -2.26. The van der Waals surface area contributed by atoms with Gasteiger partial charge < -0.3 is 5.32 Å². The number of fused-ring (bicyclic) bond motifs is 1. The van der Waals surface area contributed by atoms with Crippen LogP contribution in [-0.2, 0) is 0 Å². The zero-order valence-corrected chi connectivity index (χ0v) is 9.12. The van der Waals surface area contributed by atoms with Gasteiger partial charge in [0.15, 0.2) is 5.78 Å². The van der Waals surface area contributed by atoms with Crippen LogP contribution in [0.3, 0.4) is 0 Å². The molecule has 0 aromatic heterocycles. The second kappa shape index (κ2) is 3.44. The molecule has 0 radical (unpaired) electrons. The van der Waals surface area contributed by atoms with E-state index in [1.54, 1.807) is 12.1 Å². The summed E-state index contributed by atoms with van der Waals surface area (Å²) in [5.74, 6) is 0.0932. The number of nitrogens with one attached hydrogen (secondary N) is 1. The van der Waals surface area contributed by atoms with Gasteiger partial charge in [-0.2, -0.15) is 0 Å². The molecule has 1 aromatic carbocycles.